The van der Waals surface area contributed by atoms with Gasteiger partial charge in [0, 0.05) is 17.1 Å². The van der Waals surface area contributed by atoms with E-state index in [0.29, 0.717) is 23.3 Å². The smallest absolute Gasteiger partial charge is 0.230 e. The summed E-state index contributed by atoms with van der Waals surface area (Å²) in [6, 6.07) is 17.5. The lowest BCUT2D eigenvalue weighted by Crippen LogP contribution is -2.27. The second-order valence-corrected chi connectivity index (χ2v) is 7.90. The fourth-order valence-corrected chi connectivity index (χ4v) is 4.19. The Morgan fingerprint density at radius 3 is 2.75 bits per heavy atom. The van der Waals surface area contributed by atoms with E-state index in [-0.39, 0.29) is 11.7 Å². The SMILES string of the molecule is O=C(CSc1nnc(-c2ccco2)n1-c1ccccc1)NCCc1cccs1. The highest BCUT2D eigenvalue weighted by molar-refractivity contribution is 7.99. The van der Waals surface area contributed by atoms with Gasteiger partial charge in [-0.3, -0.25) is 9.36 Å². The van der Waals surface area contributed by atoms with Crippen molar-refractivity contribution in [3.8, 4) is 17.3 Å². The predicted molar refractivity (Wildman–Crippen MR) is 111 cm³/mol. The number of thioether (sulfide) groups is 1. The lowest BCUT2D eigenvalue weighted by atomic mass is 10.3. The molecule has 8 heteroatoms. The summed E-state index contributed by atoms with van der Waals surface area (Å²) in [6.45, 7) is 0.628. The van der Waals surface area contributed by atoms with Crippen LogP contribution in [0.1, 0.15) is 4.88 Å². The first-order valence-corrected chi connectivity index (χ1v) is 10.6. The lowest BCUT2D eigenvalue weighted by Gasteiger charge is -2.09. The molecule has 0 saturated carbocycles. The first-order valence-electron chi connectivity index (χ1n) is 8.78. The Bertz CT molecular complexity index is 1010. The standard InChI is InChI=1S/C20H18N4O2S2/c25-18(21-11-10-16-8-5-13-27-16)14-28-20-23-22-19(17-9-4-12-26-17)24(20)15-6-2-1-3-7-15/h1-9,12-13H,10-11,14H2,(H,21,25). The fraction of sp³-hybridized carbons (Fsp3) is 0.150. The van der Waals surface area contributed by atoms with Gasteiger partial charge in [0.1, 0.15) is 0 Å². The zero-order valence-corrected chi connectivity index (χ0v) is 16.6. The molecule has 0 spiro atoms. The van der Waals surface area contributed by atoms with E-state index in [4.69, 9.17) is 4.42 Å². The number of aromatic nitrogens is 3. The molecule has 0 fully saturated rings. The Morgan fingerprint density at radius 1 is 1.11 bits per heavy atom. The Labute approximate surface area is 170 Å². The average Bonchev–Trinajstić information content (AvgIpc) is 3.48. The minimum Gasteiger partial charge on any atom is -0.461 e. The minimum absolute atomic E-state index is 0.0243. The van der Waals surface area contributed by atoms with Crippen molar-refractivity contribution >= 4 is 29.0 Å². The van der Waals surface area contributed by atoms with Crippen LogP contribution >= 0.6 is 23.1 Å². The van der Waals surface area contributed by atoms with Crippen LogP contribution in [0.4, 0.5) is 0 Å². The normalized spacial score (nSPS) is 10.9. The highest BCUT2D eigenvalue weighted by Crippen LogP contribution is 2.28. The Morgan fingerprint density at radius 2 is 2.00 bits per heavy atom. The van der Waals surface area contributed by atoms with E-state index >= 15 is 0 Å². The quantitative estimate of drug-likeness (QED) is 0.444. The Hall–Kier alpha value is -2.84. The van der Waals surface area contributed by atoms with E-state index in [0.717, 1.165) is 12.1 Å². The number of benzene rings is 1. The molecule has 6 nitrogen and oxygen atoms in total. The van der Waals surface area contributed by atoms with Crippen molar-refractivity contribution in [3.63, 3.8) is 0 Å². The third-order valence-electron chi connectivity index (χ3n) is 4.00. The molecular formula is C20H18N4O2S2. The number of nitrogens with one attached hydrogen (secondary N) is 1. The van der Waals surface area contributed by atoms with Gasteiger partial charge in [0.15, 0.2) is 10.9 Å². The van der Waals surface area contributed by atoms with Gasteiger partial charge in [-0.2, -0.15) is 0 Å². The van der Waals surface area contributed by atoms with Crippen molar-refractivity contribution in [2.24, 2.45) is 0 Å². The van der Waals surface area contributed by atoms with Gasteiger partial charge in [-0.05, 0) is 42.1 Å². The molecule has 1 N–H and O–H groups in total. The highest BCUT2D eigenvalue weighted by Gasteiger charge is 2.18. The number of para-hydroxylation sites is 1. The molecule has 0 radical (unpaired) electrons. The molecule has 0 aliphatic rings. The van der Waals surface area contributed by atoms with E-state index in [1.807, 2.05) is 58.5 Å². The van der Waals surface area contributed by atoms with Crippen molar-refractivity contribution in [2.45, 2.75) is 11.6 Å². The van der Waals surface area contributed by atoms with Crippen molar-refractivity contribution in [1.29, 1.82) is 0 Å². The van der Waals surface area contributed by atoms with Crippen LogP contribution in [-0.4, -0.2) is 33.0 Å². The van der Waals surface area contributed by atoms with Crippen molar-refractivity contribution < 1.29 is 9.21 Å². The number of carbonyl (C=O) groups is 1. The maximum atomic E-state index is 12.2. The van der Waals surface area contributed by atoms with Gasteiger partial charge in [-0.25, -0.2) is 0 Å². The van der Waals surface area contributed by atoms with Gasteiger partial charge in [0.05, 0.1) is 12.0 Å². The molecule has 4 aromatic rings. The van der Waals surface area contributed by atoms with Gasteiger partial charge in [0.25, 0.3) is 0 Å². The van der Waals surface area contributed by atoms with Crippen LogP contribution < -0.4 is 5.32 Å². The molecule has 0 bridgehead atoms. The number of furan rings is 1. The molecule has 0 saturated heterocycles. The molecule has 28 heavy (non-hydrogen) atoms. The van der Waals surface area contributed by atoms with Crippen LogP contribution in [0, 0.1) is 0 Å². The number of amides is 1. The van der Waals surface area contributed by atoms with Crippen molar-refractivity contribution in [1.82, 2.24) is 20.1 Å². The Kier molecular flexibility index (Phi) is 5.89. The van der Waals surface area contributed by atoms with Crippen LogP contribution in [0.15, 0.2) is 75.8 Å². The van der Waals surface area contributed by atoms with E-state index in [9.17, 15) is 4.79 Å². The van der Waals surface area contributed by atoms with E-state index in [2.05, 4.69) is 21.6 Å². The molecule has 3 heterocycles. The Balaban J connectivity index is 1.45. The number of nitrogens with zero attached hydrogens (tertiary/aromatic N) is 3. The molecule has 0 atom stereocenters. The molecule has 1 aromatic carbocycles. The summed E-state index contributed by atoms with van der Waals surface area (Å²) in [6.07, 6.45) is 2.45. The summed E-state index contributed by atoms with van der Waals surface area (Å²) in [5.74, 6) is 1.48. The van der Waals surface area contributed by atoms with Gasteiger partial charge in [-0.1, -0.05) is 36.0 Å². The molecule has 1 amide bonds. The summed E-state index contributed by atoms with van der Waals surface area (Å²) in [5.41, 5.74) is 0.916. The highest BCUT2D eigenvalue weighted by atomic mass is 32.2. The second kappa shape index (κ2) is 8.90. The molecule has 142 valence electrons. The molecule has 3 aromatic heterocycles. The largest absolute Gasteiger partial charge is 0.461 e. The topological polar surface area (TPSA) is 73.0 Å². The predicted octanol–water partition coefficient (Wildman–Crippen LogP) is 4.04. The van der Waals surface area contributed by atoms with Crippen molar-refractivity contribution in [2.75, 3.05) is 12.3 Å². The molecule has 0 unspecified atom stereocenters. The van der Waals surface area contributed by atoms with Crippen LogP contribution in [0.25, 0.3) is 17.3 Å². The third kappa shape index (κ3) is 4.35. The van der Waals surface area contributed by atoms with Crippen molar-refractivity contribution in [3.05, 3.63) is 71.1 Å². The summed E-state index contributed by atoms with van der Waals surface area (Å²) < 4.78 is 7.40. The number of rotatable bonds is 8. The average molecular weight is 411 g/mol. The first kappa shape index (κ1) is 18.5. The maximum Gasteiger partial charge on any atom is 0.230 e. The summed E-state index contributed by atoms with van der Waals surface area (Å²) in [4.78, 5) is 13.5. The lowest BCUT2D eigenvalue weighted by molar-refractivity contribution is -0.118. The third-order valence-corrected chi connectivity index (χ3v) is 5.86. The maximum absolute atomic E-state index is 12.2. The number of hydrogen-bond acceptors (Lipinski definition) is 6. The van der Waals surface area contributed by atoms with E-state index in [1.165, 1.54) is 16.6 Å². The molecule has 0 aliphatic heterocycles. The van der Waals surface area contributed by atoms with Crippen LogP contribution in [0.2, 0.25) is 0 Å². The van der Waals surface area contributed by atoms with Crippen LogP contribution in [0.5, 0.6) is 0 Å². The van der Waals surface area contributed by atoms with Crippen LogP contribution in [-0.2, 0) is 11.2 Å². The monoisotopic (exact) mass is 410 g/mol. The summed E-state index contributed by atoms with van der Waals surface area (Å²) in [7, 11) is 0. The van der Waals surface area contributed by atoms with E-state index in [1.54, 1.807) is 17.6 Å². The molecule has 4 rings (SSSR count). The van der Waals surface area contributed by atoms with Gasteiger partial charge >= 0.3 is 0 Å². The molecular weight excluding hydrogens is 392 g/mol. The number of thiophene rings is 1. The van der Waals surface area contributed by atoms with E-state index < -0.39 is 0 Å². The zero-order chi connectivity index (χ0) is 19.2. The fourth-order valence-electron chi connectivity index (χ4n) is 2.70. The number of hydrogen-bond donors (Lipinski definition) is 1. The zero-order valence-electron chi connectivity index (χ0n) is 14.9. The minimum atomic E-state index is -0.0243. The first-order chi connectivity index (χ1) is 13.8. The summed E-state index contributed by atoms with van der Waals surface area (Å²) in [5, 5.41) is 14.2. The van der Waals surface area contributed by atoms with Gasteiger partial charge in [0.2, 0.25) is 11.7 Å². The number of carbonyl (C=O) groups excluding carboxylic acids is 1. The van der Waals surface area contributed by atoms with Gasteiger partial charge < -0.3 is 9.73 Å². The van der Waals surface area contributed by atoms with Gasteiger partial charge in [-0.15, -0.1) is 21.5 Å². The molecule has 0 aliphatic carbocycles. The summed E-state index contributed by atoms with van der Waals surface area (Å²) >= 11 is 3.05. The van der Waals surface area contributed by atoms with Crippen LogP contribution in [0.3, 0.4) is 0 Å². The second-order valence-electron chi connectivity index (χ2n) is 5.92.